The molecule has 222 valence electrons. The summed E-state index contributed by atoms with van der Waals surface area (Å²) in [5.41, 5.74) is 6.06. The minimum atomic E-state index is -0.363. The van der Waals surface area contributed by atoms with Gasteiger partial charge in [0.25, 0.3) is 5.91 Å². The average molecular weight is 578 g/mol. The highest BCUT2D eigenvalue weighted by molar-refractivity contribution is 6.04. The van der Waals surface area contributed by atoms with Gasteiger partial charge >= 0.3 is 6.03 Å². The number of aryl methyl sites for hydroxylation is 1. The SMILES string of the molecule is CCc1ccc(NC(=O)Nc2ccc(N3CCN(c4ccccc4OC)CC3)c(C(=O)NCCc3ccccc3)c2)cc1. The number of anilines is 4. The minimum Gasteiger partial charge on any atom is -0.495 e. The van der Waals surface area contributed by atoms with E-state index in [9.17, 15) is 9.59 Å². The molecule has 0 saturated carbocycles. The van der Waals surface area contributed by atoms with E-state index >= 15 is 0 Å². The fraction of sp³-hybridized carbons (Fsp3) is 0.257. The fourth-order valence-corrected chi connectivity index (χ4v) is 5.33. The Morgan fingerprint density at radius 1 is 0.721 bits per heavy atom. The van der Waals surface area contributed by atoms with Crippen LogP contribution in [-0.4, -0.2) is 51.8 Å². The number of hydrogen-bond donors (Lipinski definition) is 3. The molecule has 1 heterocycles. The van der Waals surface area contributed by atoms with Gasteiger partial charge in [0, 0.05) is 49.8 Å². The monoisotopic (exact) mass is 577 g/mol. The van der Waals surface area contributed by atoms with Gasteiger partial charge in [-0.2, -0.15) is 0 Å². The summed E-state index contributed by atoms with van der Waals surface area (Å²) in [6.45, 7) is 5.65. The van der Waals surface area contributed by atoms with Gasteiger partial charge in [0.05, 0.1) is 18.4 Å². The van der Waals surface area contributed by atoms with Crippen molar-refractivity contribution in [2.75, 3.05) is 60.3 Å². The number of para-hydroxylation sites is 2. The van der Waals surface area contributed by atoms with Crippen molar-refractivity contribution < 1.29 is 14.3 Å². The Bertz CT molecular complexity index is 1520. The first-order chi connectivity index (χ1) is 21.0. The molecule has 4 aromatic rings. The first kappa shape index (κ1) is 29.5. The van der Waals surface area contributed by atoms with E-state index in [1.54, 1.807) is 13.2 Å². The van der Waals surface area contributed by atoms with Crippen molar-refractivity contribution in [2.45, 2.75) is 19.8 Å². The van der Waals surface area contributed by atoms with Crippen LogP contribution in [0.25, 0.3) is 0 Å². The Morgan fingerprint density at radius 2 is 1.35 bits per heavy atom. The molecule has 0 aliphatic carbocycles. The maximum absolute atomic E-state index is 13.6. The summed E-state index contributed by atoms with van der Waals surface area (Å²) >= 11 is 0. The minimum absolute atomic E-state index is 0.169. The van der Waals surface area contributed by atoms with Gasteiger partial charge in [0.1, 0.15) is 5.75 Å². The number of carbonyl (C=O) groups excluding carboxylic acids is 2. The molecule has 1 aliphatic rings. The van der Waals surface area contributed by atoms with Gasteiger partial charge < -0.3 is 30.5 Å². The zero-order valence-corrected chi connectivity index (χ0v) is 24.8. The largest absolute Gasteiger partial charge is 0.495 e. The second-order valence-electron chi connectivity index (χ2n) is 10.5. The summed E-state index contributed by atoms with van der Waals surface area (Å²) < 4.78 is 5.57. The summed E-state index contributed by atoms with van der Waals surface area (Å²) in [5, 5.41) is 8.86. The predicted molar refractivity (Wildman–Crippen MR) is 175 cm³/mol. The normalized spacial score (nSPS) is 12.9. The van der Waals surface area contributed by atoms with E-state index in [-0.39, 0.29) is 11.9 Å². The van der Waals surface area contributed by atoms with E-state index in [0.29, 0.717) is 23.5 Å². The third kappa shape index (κ3) is 7.65. The molecule has 3 amide bonds. The van der Waals surface area contributed by atoms with Crippen LogP contribution in [0.5, 0.6) is 5.75 Å². The molecule has 0 radical (unpaired) electrons. The van der Waals surface area contributed by atoms with Crippen LogP contribution in [0.2, 0.25) is 0 Å². The second kappa shape index (κ2) is 14.3. The van der Waals surface area contributed by atoms with Gasteiger partial charge in [-0.3, -0.25) is 4.79 Å². The van der Waals surface area contributed by atoms with Crippen LogP contribution in [0.15, 0.2) is 97.1 Å². The molecule has 3 N–H and O–H groups in total. The number of amides is 3. The lowest BCUT2D eigenvalue weighted by atomic mass is 10.1. The van der Waals surface area contributed by atoms with Crippen molar-refractivity contribution in [1.82, 2.24) is 5.32 Å². The molecular formula is C35H39N5O3. The summed E-state index contributed by atoms with van der Waals surface area (Å²) in [7, 11) is 1.69. The number of nitrogens with one attached hydrogen (secondary N) is 3. The molecule has 0 aromatic heterocycles. The zero-order valence-electron chi connectivity index (χ0n) is 24.8. The Kier molecular flexibility index (Phi) is 9.79. The molecule has 8 heteroatoms. The molecule has 0 bridgehead atoms. The number of piperazine rings is 1. The number of benzene rings is 4. The highest BCUT2D eigenvalue weighted by Gasteiger charge is 2.24. The third-order valence-corrected chi connectivity index (χ3v) is 7.71. The van der Waals surface area contributed by atoms with Crippen LogP contribution in [0.1, 0.15) is 28.4 Å². The van der Waals surface area contributed by atoms with Crippen LogP contribution < -0.4 is 30.5 Å². The number of carbonyl (C=O) groups is 2. The van der Waals surface area contributed by atoms with E-state index in [1.807, 2.05) is 72.8 Å². The smallest absolute Gasteiger partial charge is 0.323 e. The first-order valence-corrected chi connectivity index (χ1v) is 14.8. The maximum Gasteiger partial charge on any atom is 0.323 e. The summed E-state index contributed by atoms with van der Waals surface area (Å²) in [6, 6.07) is 31.1. The molecule has 1 aliphatic heterocycles. The highest BCUT2D eigenvalue weighted by atomic mass is 16.5. The summed E-state index contributed by atoms with van der Waals surface area (Å²) in [5.74, 6) is 0.682. The van der Waals surface area contributed by atoms with Crippen molar-refractivity contribution in [3.05, 3.63) is 114 Å². The van der Waals surface area contributed by atoms with Gasteiger partial charge in [0.2, 0.25) is 0 Å². The van der Waals surface area contributed by atoms with Gasteiger partial charge in [0.15, 0.2) is 0 Å². The number of urea groups is 1. The van der Waals surface area contributed by atoms with Gasteiger partial charge in [-0.1, -0.05) is 61.5 Å². The number of rotatable bonds is 10. The van der Waals surface area contributed by atoms with E-state index < -0.39 is 0 Å². The number of nitrogens with zero attached hydrogens (tertiary/aromatic N) is 2. The zero-order chi connectivity index (χ0) is 30.0. The summed E-state index contributed by atoms with van der Waals surface area (Å²) in [4.78, 5) is 30.9. The molecule has 0 atom stereocenters. The third-order valence-electron chi connectivity index (χ3n) is 7.71. The quantitative estimate of drug-likeness (QED) is 0.209. The number of ether oxygens (including phenoxy) is 1. The predicted octanol–water partition coefficient (Wildman–Crippen LogP) is 6.20. The molecule has 5 rings (SSSR count). The molecular weight excluding hydrogens is 538 g/mol. The van der Waals surface area contributed by atoms with Crippen LogP contribution in [-0.2, 0) is 12.8 Å². The van der Waals surface area contributed by atoms with E-state index in [1.165, 1.54) is 5.56 Å². The second-order valence-corrected chi connectivity index (χ2v) is 10.5. The molecule has 1 fully saturated rings. The van der Waals surface area contributed by atoms with Gasteiger partial charge in [-0.25, -0.2) is 4.79 Å². The molecule has 43 heavy (non-hydrogen) atoms. The van der Waals surface area contributed by atoms with Crippen molar-refractivity contribution >= 4 is 34.7 Å². The van der Waals surface area contributed by atoms with Crippen molar-refractivity contribution in [3.8, 4) is 5.75 Å². The van der Waals surface area contributed by atoms with Crippen LogP contribution >= 0.6 is 0 Å². The first-order valence-electron chi connectivity index (χ1n) is 14.8. The van der Waals surface area contributed by atoms with E-state index in [0.717, 1.165) is 61.7 Å². The molecule has 0 spiro atoms. The Morgan fingerprint density at radius 3 is 2.05 bits per heavy atom. The Hall–Kier alpha value is -4.98. The van der Waals surface area contributed by atoms with Crippen LogP contribution in [0.3, 0.4) is 0 Å². The molecule has 1 saturated heterocycles. The maximum atomic E-state index is 13.6. The van der Waals surface area contributed by atoms with E-state index in [2.05, 4.69) is 50.9 Å². The standard InChI is InChI=1S/C35H39N5O3/c1-3-26-13-15-28(16-14-26)37-35(42)38-29-17-18-31(30(25-29)34(41)36-20-19-27-9-5-4-6-10-27)39-21-23-40(24-22-39)32-11-7-8-12-33(32)43-2/h4-18,25H,3,19-24H2,1-2H3,(H,36,41)(H2,37,38,42). The Balaban J connectivity index is 1.30. The number of methoxy groups -OCH3 is 1. The fourth-order valence-electron chi connectivity index (χ4n) is 5.33. The molecule has 4 aromatic carbocycles. The van der Waals surface area contributed by atoms with Crippen LogP contribution in [0, 0.1) is 0 Å². The lowest BCUT2D eigenvalue weighted by molar-refractivity contribution is 0.0954. The van der Waals surface area contributed by atoms with Gasteiger partial charge in [-0.05, 0) is 66.4 Å². The van der Waals surface area contributed by atoms with Crippen molar-refractivity contribution in [3.63, 3.8) is 0 Å². The average Bonchev–Trinajstić information content (AvgIpc) is 3.05. The molecule has 0 unspecified atom stereocenters. The van der Waals surface area contributed by atoms with Crippen molar-refractivity contribution in [1.29, 1.82) is 0 Å². The van der Waals surface area contributed by atoms with Gasteiger partial charge in [-0.15, -0.1) is 0 Å². The summed E-state index contributed by atoms with van der Waals surface area (Å²) in [6.07, 6.45) is 1.67. The lowest BCUT2D eigenvalue weighted by Gasteiger charge is -2.38. The number of hydrogen-bond acceptors (Lipinski definition) is 5. The van der Waals surface area contributed by atoms with Crippen LogP contribution in [0.4, 0.5) is 27.5 Å². The lowest BCUT2D eigenvalue weighted by Crippen LogP contribution is -2.47. The molecule has 8 nitrogen and oxygen atoms in total. The van der Waals surface area contributed by atoms with Crippen molar-refractivity contribution in [2.24, 2.45) is 0 Å². The Labute approximate surface area is 253 Å². The topological polar surface area (TPSA) is 85.9 Å². The highest BCUT2D eigenvalue weighted by Crippen LogP contribution is 2.31. The van der Waals surface area contributed by atoms with E-state index in [4.69, 9.17) is 4.74 Å².